The molecule has 9 nitrogen and oxygen atoms in total. The van der Waals surface area contributed by atoms with Crippen LogP contribution in [-0.4, -0.2) is 43.6 Å². The Balaban J connectivity index is 2.09. The predicted octanol–water partition coefficient (Wildman–Crippen LogP) is 1.99. The van der Waals surface area contributed by atoms with Crippen LogP contribution in [0.1, 0.15) is 49.4 Å². The number of nitrogens with one attached hydrogen (secondary N) is 1. The molecule has 1 aromatic rings. The van der Waals surface area contributed by atoms with Crippen LogP contribution in [-0.2, 0) is 19.4 Å². The highest BCUT2D eigenvalue weighted by atomic mass is 32.2. The van der Waals surface area contributed by atoms with Crippen LogP contribution >= 0.6 is 0 Å². The third-order valence-corrected chi connectivity index (χ3v) is 5.54. The lowest BCUT2D eigenvalue weighted by Crippen LogP contribution is -2.42. The number of rotatable bonds is 6. The maximum absolute atomic E-state index is 12.2. The van der Waals surface area contributed by atoms with Crippen LogP contribution in [0.3, 0.4) is 0 Å². The van der Waals surface area contributed by atoms with Crippen molar-refractivity contribution in [3.8, 4) is 0 Å². The largest absolute Gasteiger partial charge is 0.449 e. The fourth-order valence-electron chi connectivity index (χ4n) is 2.95. The van der Waals surface area contributed by atoms with E-state index in [1.165, 1.54) is 6.92 Å². The molecule has 1 aromatic carbocycles. The Morgan fingerprint density at radius 2 is 1.89 bits per heavy atom. The lowest BCUT2D eigenvalue weighted by Gasteiger charge is -2.24. The van der Waals surface area contributed by atoms with Crippen LogP contribution in [0.25, 0.3) is 0 Å². The van der Waals surface area contributed by atoms with Crippen LogP contribution < -0.4 is 5.32 Å². The minimum absolute atomic E-state index is 0.0579. The van der Waals surface area contributed by atoms with Gasteiger partial charge in [-0.05, 0) is 31.9 Å². The zero-order chi connectivity index (χ0) is 20.2. The molecule has 1 atom stereocenters. The Hall–Kier alpha value is -2.49. The van der Waals surface area contributed by atoms with Gasteiger partial charge in [0.25, 0.3) is 11.6 Å². The third-order valence-electron chi connectivity index (χ3n) is 4.40. The van der Waals surface area contributed by atoms with Gasteiger partial charge in [0.15, 0.2) is 15.9 Å². The molecule has 1 N–H and O–H groups in total. The van der Waals surface area contributed by atoms with Crippen molar-refractivity contribution in [1.29, 1.82) is 0 Å². The van der Waals surface area contributed by atoms with E-state index in [1.54, 1.807) is 0 Å². The fraction of sp³-hybridized carbons (Fsp3) is 0.529. The molecule has 1 aliphatic rings. The summed E-state index contributed by atoms with van der Waals surface area (Å²) in [6.07, 6.45) is 4.74. The van der Waals surface area contributed by atoms with E-state index in [2.05, 4.69) is 5.32 Å². The van der Waals surface area contributed by atoms with E-state index in [0.29, 0.717) is 0 Å². The molecule has 0 aromatic heterocycles. The van der Waals surface area contributed by atoms with Crippen LogP contribution in [0.4, 0.5) is 5.69 Å². The summed E-state index contributed by atoms with van der Waals surface area (Å²) in [5.41, 5.74) is -0.919. The van der Waals surface area contributed by atoms with Crippen LogP contribution in [0, 0.1) is 10.1 Å². The van der Waals surface area contributed by atoms with E-state index in [4.69, 9.17) is 4.74 Å². The Morgan fingerprint density at radius 1 is 1.26 bits per heavy atom. The quantitative estimate of drug-likeness (QED) is 0.440. The molecule has 0 radical (unpaired) electrons. The van der Waals surface area contributed by atoms with Gasteiger partial charge < -0.3 is 10.1 Å². The zero-order valence-corrected chi connectivity index (χ0v) is 16.0. The smallest absolute Gasteiger partial charge is 0.339 e. The van der Waals surface area contributed by atoms with E-state index in [0.717, 1.165) is 56.6 Å². The van der Waals surface area contributed by atoms with E-state index in [-0.39, 0.29) is 11.6 Å². The van der Waals surface area contributed by atoms with Gasteiger partial charge in [-0.15, -0.1) is 0 Å². The molecule has 148 valence electrons. The van der Waals surface area contributed by atoms with Gasteiger partial charge in [-0.25, -0.2) is 13.2 Å². The number of nitrogens with zero attached hydrogens (tertiary/aromatic N) is 1. The normalized spacial score (nSPS) is 16.4. The number of amides is 1. The van der Waals surface area contributed by atoms with Gasteiger partial charge in [0.2, 0.25) is 0 Å². The molecule has 0 saturated heterocycles. The monoisotopic (exact) mass is 398 g/mol. The van der Waals surface area contributed by atoms with Gasteiger partial charge >= 0.3 is 5.97 Å². The molecule has 0 heterocycles. The molecule has 27 heavy (non-hydrogen) atoms. The Bertz CT molecular complexity index is 845. The molecule has 1 saturated carbocycles. The Labute approximate surface area is 157 Å². The number of hydrogen-bond donors (Lipinski definition) is 1. The highest BCUT2D eigenvalue weighted by Gasteiger charge is 2.27. The molecule has 1 amide bonds. The van der Waals surface area contributed by atoms with Crippen molar-refractivity contribution in [2.45, 2.75) is 56.1 Å². The summed E-state index contributed by atoms with van der Waals surface area (Å²) in [6, 6.07) is 3.00. The number of ether oxygens (including phenoxy) is 1. The number of sulfone groups is 1. The van der Waals surface area contributed by atoms with Gasteiger partial charge in [0.05, 0.1) is 10.5 Å². The van der Waals surface area contributed by atoms with Gasteiger partial charge in [-0.2, -0.15) is 0 Å². The minimum Gasteiger partial charge on any atom is -0.449 e. The lowest BCUT2D eigenvalue weighted by atomic mass is 9.95. The average Bonchev–Trinajstić information content (AvgIpc) is 2.61. The van der Waals surface area contributed by atoms with Crippen LogP contribution in [0.15, 0.2) is 23.1 Å². The van der Waals surface area contributed by atoms with Gasteiger partial charge in [0.1, 0.15) is 4.90 Å². The second kappa shape index (κ2) is 8.47. The predicted molar refractivity (Wildman–Crippen MR) is 96.1 cm³/mol. The van der Waals surface area contributed by atoms with Crippen molar-refractivity contribution >= 4 is 27.4 Å². The van der Waals surface area contributed by atoms with Crippen molar-refractivity contribution in [2.24, 2.45) is 0 Å². The minimum atomic E-state index is -3.83. The molecule has 0 bridgehead atoms. The molecule has 0 aliphatic heterocycles. The number of carbonyl (C=O) groups is 2. The van der Waals surface area contributed by atoms with E-state index in [1.807, 2.05) is 0 Å². The Morgan fingerprint density at radius 3 is 2.44 bits per heavy atom. The molecular formula is C17H22N2O7S. The first-order valence-corrected chi connectivity index (χ1v) is 10.5. The van der Waals surface area contributed by atoms with Crippen LogP contribution in [0.2, 0.25) is 0 Å². The SMILES string of the molecule is C[C@H](OC(=O)c1ccc(S(C)(=O)=O)c([N+](=O)[O-])c1)C(=O)NC1CCCCC1. The standard InChI is InChI=1S/C17H22N2O7S/c1-11(16(20)18-13-6-4-3-5-7-13)26-17(21)12-8-9-15(27(2,24)25)14(10-12)19(22)23/h8-11,13H,3-7H2,1-2H3,(H,18,20)/t11-/m0/s1. The third kappa shape index (κ3) is 5.49. The lowest BCUT2D eigenvalue weighted by molar-refractivity contribution is -0.387. The summed E-state index contributed by atoms with van der Waals surface area (Å²) < 4.78 is 28.3. The summed E-state index contributed by atoms with van der Waals surface area (Å²) >= 11 is 0. The van der Waals surface area contributed by atoms with Crippen molar-refractivity contribution in [1.82, 2.24) is 5.32 Å². The van der Waals surface area contributed by atoms with Crippen molar-refractivity contribution in [3.05, 3.63) is 33.9 Å². The van der Waals surface area contributed by atoms with Gasteiger partial charge in [-0.1, -0.05) is 19.3 Å². The summed E-state index contributed by atoms with van der Waals surface area (Å²) in [7, 11) is -3.83. The first-order chi connectivity index (χ1) is 12.6. The number of benzene rings is 1. The second-order valence-corrected chi connectivity index (χ2v) is 8.59. The van der Waals surface area contributed by atoms with Crippen LogP contribution in [0.5, 0.6) is 0 Å². The molecule has 10 heteroatoms. The number of nitro groups is 1. The first kappa shape index (κ1) is 20.8. The van der Waals surface area contributed by atoms with Crippen molar-refractivity contribution in [3.63, 3.8) is 0 Å². The summed E-state index contributed by atoms with van der Waals surface area (Å²) in [4.78, 5) is 34.1. The summed E-state index contributed by atoms with van der Waals surface area (Å²) in [6.45, 7) is 1.41. The molecule has 2 rings (SSSR count). The molecule has 0 unspecified atom stereocenters. The first-order valence-electron chi connectivity index (χ1n) is 8.59. The van der Waals surface area contributed by atoms with E-state index < -0.39 is 43.3 Å². The highest BCUT2D eigenvalue weighted by molar-refractivity contribution is 7.90. The number of nitro benzene ring substituents is 1. The van der Waals surface area contributed by atoms with Gasteiger partial charge in [-0.3, -0.25) is 14.9 Å². The molecular weight excluding hydrogens is 376 g/mol. The number of esters is 1. The van der Waals surface area contributed by atoms with Gasteiger partial charge in [0, 0.05) is 18.4 Å². The maximum atomic E-state index is 12.2. The van der Waals surface area contributed by atoms with E-state index >= 15 is 0 Å². The average molecular weight is 398 g/mol. The molecule has 1 fully saturated rings. The number of carbonyl (C=O) groups excluding carboxylic acids is 2. The van der Waals surface area contributed by atoms with Crippen molar-refractivity contribution < 1.29 is 27.7 Å². The van der Waals surface area contributed by atoms with E-state index in [9.17, 15) is 28.1 Å². The topological polar surface area (TPSA) is 133 Å². The molecule has 0 spiro atoms. The summed E-state index contributed by atoms with van der Waals surface area (Å²) in [5, 5.41) is 14.0. The fourth-order valence-corrected chi connectivity index (χ4v) is 3.78. The molecule has 1 aliphatic carbocycles. The number of hydrogen-bond acceptors (Lipinski definition) is 7. The summed E-state index contributed by atoms with van der Waals surface area (Å²) in [5.74, 6) is -1.37. The maximum Gasteiger partial charge on any atom is 0.339 e. The zero-order valence-electron chi connectivity index (χ0n) is 15.1. The second-order valence-electron chi connectivity index (χ2n) is 6.60. The Kier molecular flexibility index (Phi) is 6.53. The highest BCUT2D eigenvalue weighted by Crippen LogP contribution is 2.25. The van der Waals surface area contributed by atoms with Crippen molar-refractivity contribution in [2.75, 3.05) is 6.26 Å².